The predicted molar refractivity (Wildman–Crippen MR) is 90.4 cm³/mol. The molecule has 1 aromatic heterocycles. The highest BCUT2D eigenvalue weighted by Gasteiger charge is 2.37. The van der Waals surface area contributed by atoms with Crippen LogP contribution in [0.4, 0.5) is 0 Å². The van der Waals surface area contributed by atoms with Crippen LogP contribution in [0.15, 0.2) is 4.52 Å². The van der Waals surface area contributed by atoms with Gasteiger partial charge in [0.25, 0.3) is 0 Å². The Balaban J connectivity index is 1.62. The van der Waals surface area contributed by atoms with E-state index in [1.54, 1.807) is 6.92 Å². The lowest BCUT2D eigenvalue weighted by molar-refractivity contribution is -0.128. The van der Waals surface area contributed by atoms with Crippen LogP contribution in [0.1, 0.15) is 44.9 Å². The van der Waals surface area contributed by atoms with Crippen molar-refractivity contribution in [1.29, 1.82) is 0 Å². The van der Waals surface area contributed by atoms with Gasteiger partial charge in [0.05, 0.1) is 6.04 Å². The first kappa shape index (κ1) is 17.4. The van der Waals surface area contributed by atoms with Crippen LogP contribution in [0.2, 0.25) is 0 Å². The first-order chi connectivity index (χ1) is 11.5. The molecule has 0 aromatic carbocycles. The second-order valence-corrected chi connectivity index (χ2v) is 7.25. The van der Waals surface area contributed by atoms with Gasteiger partial charge in [-0.2, -0.15) is 4.98 Å². The van der Waals surface area contributed by atoms with Crippen molar-refractivity contribution < 1.29 is 9.32 Å². The van der Waals surface area contributed by atoms with Crippen LogP contribution in [-0.4, -0.2) is 76.1 Å². The fourth-order valence-corrected chi connectivity index (χ4v) is 4.00. The molecule has 0 unspecified atom stereocenters. The fraction of sp³-hybridized carbons (Fsp3) is 0.824. The van der Waals surface area contributed by atoms with E-state index in [9.17, 15) is 4.79 Å². The van der Waals surface area contributed by atoms with E-state index in [2.05, 4.69) is 33.8 Å². The van der Waals surface area contributed by atoms with Crippen molar-refractivity contribution in [2.75, 3.05) is 39.3 Å². The smallest absolute Gasteiger partial charge is 0.243 e. The minimum Gasteiger partial charge on any atom is -0.342 e. The van der Waals surface area contributed by atoms with E-state index in [4.69, 9.17) is 4.52 Å². The Kier molecular flexibility index (Phi) is 5.20. The quantitative estimate of drug-likeness (QED) is 0.830. The minimum atomic E-state index is 0.152. The zero-order valence-electron chi connectivity index (χ0n) is 15.2. The second-order valence-electron chi connectivity index (χ2n) is 7.25. The van der Waals surface area contributed by atoms with Crippen molar-refractivity contribution in [1.82, 2.24) is 24.8 Å². The lowest BCUT2D eigenvalue weighted by Crippen LogP contribution is -2.43. The molecule has 7 heteroatoms. The Hall–Kier alpha value is -1.47. The molecule has 2 aliphatic heterocycles. The summed E-state index contributed by atoms with van der Waals surface area (Å²) in [6, 6.07) is 0.683. The number of aromatic nitrogens is 2. The summed E-state index contributed by atoms with van der Waals surface area (Å²) in [5.74, 6) is 2.19. The summed E-state index contributed by atoms with van der Waals surface area (Å²) in [6.07, 6.45) is 1.06. The normalized spacial score (nSPS) is 28.1. The van der Waals surface area contributed by atoms with E-state index >= 15 is 0 Å². The predicted octanol–water partition coefficient (Wildman–Crippen LogP) is 1.31. The van der Waals surface area contributed by atoms with E-state index in [1.807, 2.05) is 11.8 Å². The Morgan fingerprint density at radius 3 is 2.71 bits per heavy atom. The summed E-state index contributed by atoms with van der Waals surface area (Å²) in [4.78, 5) is 23.0. The van der Waals surface area contributed by atoms with E-state index in [0.29, 0.717) is 23.7 Å². The van der Waals surface area contributed by atoms with Gasteiger partial charge < -0.3 is 9.42 Å². The third-order valence-electron chi connectivity index (χ3n) is 5.49. The second kappa shape index (κ2) is 7.19. The monoisotopic (exact) mass is 335 g/mol. The van der Waals surface area contributed by atoms with Crippen LogP contribution < -0.4 is 0 Å². The number of nitrogens with zero attached hydrogens (tertiary/aromatic N) is 5. The lowest BCUT2D eigenvalue weighted by atomic mass is 10.0. The van der Waals surface area contributed by atoms with Crippen LogP contribution in [0.3, 0.4) is 0 Å². The Labute approximate surface area is 144 Å². The van der Waals surface area contributed by atoms with Crippen molar-refractivity contribution in [3.63, 3.8) is 0 Å². The molecular weight excluding hydrogens is 306 g/mol. The van der Waals surface area contributed by atoms with E-state index in [-0.39, 0.29) is 11.9 Å². The number of likely N-dealkylation sites (tertiary alicyclic amines) is 1. The number of carbonyl (C=O) groups excluding carboxylic acids is 1. The molecular formula is C17H29N5O2. The van der Waals surface area contributed by atoms with Crippen molar-refractivity contribution in [3.05, 3.63) is 11.7 Å². The molecule has 0 bridgehead atoms. The van der Waals surface area contributed by atoms with Crippen LogP contribution in [0.25, 0.3) is 0 Å². The fourth-order valence-electron chi connectivity index (χ4n) is 4.00. The molecule has 134 valence electrons. The average Bonchev–Trinajstić information content (AvgIpc) is 3.04. The van der Waals surface area contributed by atoms with Crippen LogP contribution in [-0.2, 0) is 4.79 Å². The van der Waals surface area contributed by atoms with Crippen molar-refractivity contribution in [2.45, 2.75) is 46.2 Å². The van der Waals surface area contributed by atoms with Gasteiger partial charge in [-0.1, -0.05) is 12.1 Å². The summed E-state index contributed by atoms with van der Waals surface area (Å²) in [7, 11) is 0. The maximum absolute atomic E-state index is 11.6. The number of aryl methyl sites for hydroxylation is 1. The SMILES string of the molecule is CC(=O)N1CCCN([C@@H]2CN([C@H](C)c3nc(C)no3)C[C@H]2C)CC1. The summed E-state index contributed by atoms with van der Waals surface area (Å²) in [6.45, 7) is 13.8. The summed E-state index contributed by atoms with van der Waals surface area (Å²) >= 11 is 0. The van der Waals surface area contributed by atoms with Crippen molar-refractivity contribution in [3.8, 4) is 0 Å². The number of hydrogen-bond acceptors (Lipinski definition) is 6. The third-order valence-corrected chi connectivity index (χ3v) is 5.49. The molecule has 24 heavy (non-hydrogen) atoms. The van der Waals surface area contributed by atoms with Gasteiger partial charge in [-0.05, 0) is 26.2 Å². The summed E-state index contributed by atoms with van der Waals surface area (Å²) < 4.78 is 5.35. The van der Waals surface area contributed by atoms with E-state index < -0.39 is 0 Å². The number of amides is 1. The van der Waals surface area contributed by atoms with Crippen molar-refractivity contribution >= 4 is 5.91 Å². The molecule has 3 rings (SSSR count). The molecule has 0 radical (unpaired) electrons. The average molecular weight is 335 g/mol. The third kappa shape index (κ3) is 3.62. The highest BCUT2D eigenvalue weighted by atomic mass is 16.5. The molecule has 2 aliphatic rings. The molecule has 7 nitrogen and oxygen atoms in total. The summed E-state index contributed by atoms with van der Waals surface area (Å²) in [5, 5.41) is 3.91. The molecule has 3 atom stereocenters. The standard InChI is InChI=1S/C17H29N5O2/c1-12-10-22(13(2)17-18-14(3)19-24-17)11-16(12)21-7-5-6-20(8-9-21)15(4)23/h12-13,16H,5-11H2,1-4H3/t12-,13-,16-/m1/s1. The molecule has 2 fully saturated rings. The molecule has 1 aromatic rings. The Morgan fingerprint density at radius 1 is 1.25 bits per heavy atom. The van der Waals surface area contributed by atoms with E-state index in [1.165, 1.54) is 0 Å². The highest BCUT2D eigenvalue weighted by molar-refractivity contribution is 5.73. The number of carbonyl (C=O) groups is 1. The maximum atomic E-state index is 11.6. The van der Waals surface area contributed by atoms with Gasteiger partial charge in [-0.25, -0.2) is 0 Å². The van der Waals surface area contributed by atoms with Gasteiger partial charge in [-0.3, -0.25) is 14.6 Å². The van der Waals surface area contributed by atoms with Crippen LogP contribution >= 0.6 is 0 Å². The maximum Gasteiger partial charge on any atom is 0.243 e. The zero-order chi connectivity index (χ0) is 17.3. The molecule has 1 amide bonds. The highest BCUT2D eigenvalue weighted by Crippen LogP contribution is 2.29. The molecule has 0 aliphatic carbocycles. The Bertz CT molecular complexity index is 575. The Morgan fingerprint density at radius 2 is 2.04 bits per heavy atom. The van der Waals surface area contributed by atoms with Crippen molar-refractivity contribution in [2.24, 2.45) is 5.92 Å². The van der Waals surface area contributed by atoms with Crippen LogP contribution in [0.5, 0.6) is 0 Å². The van der Waals surface area contributed by atoms with Gasteiger partial charge >= 0.3 is 0 Å². The van der Waals surface area contributed by atoms with Gasteiger partial charge in [0.1, 0.15) is 0 Å². The number of hydrogen-bond donors (Lipinski definition) is 0. The lowest BCUT2D eigenvalue weighted by Gasteiger charge is -2.30. The first-order valence-corrected chi connectivity index (χ1v) is 8.99. The van der Waals surface area contributed by atoms with Gasteiger partial charge in [0, 0.05) is 52.2 Å². The largest absolute Gasteiger partial charge is 0.342 e. The zero-order valence-corrected chi connectivity index (χ0v) is 15.2. The first-order valence-electron chi connectivity index (χ1n) is 8.99. The molecule has 3 heterocycles. The van der Waals surface area contributed by atoms with E-state index in [0.717, 1.165) is 45.7 Å². The summed E-state index contributed by atoms with van der Waals surface area (Å²) in [5.41, 5.74) is 0. The molecule has 0 N–H and O–H groups in total. The number of rotatable bonds is 3. The van der Waals surface area contributed by atoms with Crippen LogP contribution in [0, 0.1) is 12.8 Å². The molecule has 2 saturated heterocycles. The molecule has 0 spiro atoms. The van der Waals surface area contributed by atoms with Gasteiger partial charge in [0.2, 0.25) is 11.8 Å². The van der Waals surface area contributed by atoms with Gasteiger partial charge in [0.15, 0.2) is 5.82 Å². The minimum absolute atomic E-state index is 0.152. The topological polar surface area (TPSA) is 65.7 Å². The van der Waals surface area contributed by atoms with Gasteiger partial charge in [-0.15, -0.1) is 0 Å². The molecule has 0 saturated carbocycles.